The fourth-order valence-corrected chi connectivity index (χ4v) is 0.667. The van der Waals surface area contributed by atoms with Gasteiger partial charge in [0.2, 0.25) is 0 Å². The van der Waals surface area contributed by atoms with Crippen LogP contribution in [-0.4, -0.2) is 0 Å². The topological polar surface area (TPSA) is 0 Å². The van der Waals surface area contributed by atoms with Crippen LogP contribution in [0.1, 0.15) is 11.1 Å². The predicted octanol–water partition coefficient (Wildman–Crippen LogP) is 2.04. The van der Waals surface area contributed by atoms with E-state index in [0.29, 0.717) is 5.56 Å². The summed E-state index contributed by atoms with van der Waals surface area (Å²) in [6.07, 6.45) is 0. The standard InChI is InChI=1S/C8H7F/c1-6-3-4-8(9)7(2)5-6/h3H,1-2H3. The van der Waals surface area contributed by atoms with Gasteiger partial charge in [0.25, 0.3) is 0 Å². The van der Waals surface area contributed by atoms with Crippen molar-refractivity contribution in [3.8, 4) is 0 Å². The smallest absolute Gasteiger partial charge is 0.134 e. The molecule has 0 bridgehead atoms. The van der Waals surface area contributed by atoms with Gasteiger partial charge in [-0.2, -0.15) is 0 Å². The third-order valence-corrected chi connectivity index (χ3v) is 1.13. The maximum Gasteiger partial charge on any atom is 0.134 e. The molecule has 0 saturated carbocycles. The molecule has 0 nitrogen and oxygen atoms in total. The van der Waals surface area contributed by atoms with Crippen LogP contribution in [0.4, 0.5) is 4.39 Å². The van der Waals surface area contributed by atoms with E-state index in [0.717, 1.165) is 5.56 Å². The van der Waals surface area contributed by atoms with Gasteiger partial charge in [-0.15, -0.1) is 0 Å². The zero-order chi connectivity index (χ0) is 6.85. The monoisotopic (exact) mass is 122 g/mol. The van der Waals surface area contributed by atoms with Crippen molar-refractivity contribution in [3.05, 3.63) is 35.1 Å². The lowest BCUT2D eigenvalue weighted by molar-refractivity contribution is 0.615. The lowest BCUT2D eigenvalue weighted by Gasteiger charge is -1.93. The van der Waals surface area contributed by atoms with Crippen molar-refractivity contribution >= 4 is 0 Å². The van der Waals surface area contributed by atoms with Gasteiger partial charge >= 0.3 is 0 Å². The van der Waals surface area contributed by atoms with Gasteiger partial charge in [0.15, 0.2) is 0 Å². The molecule has 9 heavy (non-hydrogen) atoms. The predicted molar refractivity (Wildman–Crippen MR) is 33.5 cm³/mol. The molecule has 0 heterocycles. The summed E-state index contributed by atoms with van der Waals surface area (Å²) in [6.45, 7) is 3.54. The summed E-state index contributed by atoms with van der Waals surface area (Å²) >= 11 is 0. The van der Waals surface area contributed by atoms with Crippen molar-refractivity contribution in [2.45, 2.75) is 13.8 Å². The van der Waals surface area contributed by atoms with Crippen molar-refractivity contribution in [2.75, 3.05) is 0 Å². The largest absolute Gasteiger partial charge is 0.206 e. The molecule has 0 N–H and O–H groups in total. The van der Waals surface area contributed by atoms with Crippen LogP contribution in [0, 0.1) is 31.8 Å². The van der Waals surface area contributed by atoms with Crippen LogP contribution >= 0.6 is 0 Å². The number of rotatable bonds is 0. The molecule has 0 aliphatic rings. The van der Waals surface area contributed by atoms with E-state index in [1.807, 2.05) is 6.92 Å². The number of halogens is 1. The fraction of sp³-hybridized carbons (Fsp3) is 0.250. The molecule has 1 aromatic carbocycles. The van der Waals surface area contributed by atoms with Crippen LogP contribution < -0.4 is 0 Å². The van der Waals surface area contributed by atoms with E-state index in [2.05, 4.69) is 12.1 Å². The summed E-state index contributed by atoms with van der Waals surface area (Å²) in [4.78, 5) is 0. The molecule has 46 valence electrons. The molecule has 0 saturated heterocycles. The second kappa shape index (κ2) is 2.18. The Hall–Kier alpha value is -0.850. The van der Waals surface area contributed by atoms with E-state index in [1.165, 1.54) is 0 Å². The molecule has 0 spiro atoms. The average Bonchev–Trinajstić information content (AvgIpc) is 1.80. The van der Waals surface area contributed by atoms with Crippen LogP contribution in [-0.2, 0) is 0 Å². The van der Waals surface area contributed by atoms with E-state index in [1.54, 1.807) is 13.0 Å². The molecule has 1 rings (SSSR count). The van der Waals surface area contributed by atoms with Crippen molar-refractivity contribution in [1.29, 1.82) is 0 Å². The first-order valence-electron chi connectivity index (χ1n) is 2.77. The van der Waals surface area contributed by atoms with E-state index >= 15 is 0 Å². The molecular weight excluding hydrogens is 115 g/mol. The van der Waals surface area contributed by atoms with Crippen LogP contribution in [0.2, 0.25) is 0 Å². The summed E-state index contributed by atoms with van der Waals surface area (Å²) in [5.74, 6) is -0.305. The summed E-state index contributed by atoms with van der Waals surface area (Å²) in [7, 11) is 0. The highest BCUT2D eigenvalue weighted by Crippen LogP contribution is 2.05. The van der Waals surface area contributed by atoms with Gasteiger partial charge in [-0.25, -0.2) is 4.39 Å². The van der Waals surface area contributed by atoms with Gasteiger partial charge in [-0.1, -0.05) is 0 Å². The summed E-state index contributed by atoms with van der Waals surface area (Å²) in [5.41, 5.74) is 1.46. The molecular formula is C8H7F. The average molecular weight is 122 g/mol. The Balaban J connectivity index is 3.17. The highest BCUT2D eigenvalue weighted by Gasteiger charge is 1.94. The summed E-state index contributed by atoms with van der Waals surface area (Å²) < 4.78 is 12.4. The Morgan fingerprint density at radius 1 is 1.44 bits per heavy atom. The molecule has 0 fully saturated rings. The first-order valence-corrected chi connectivity index (χ1v) is 2.77. The Bertz CT molecular complexity index is 216. The van der Waals surface area contributed by atoms with Crippen LogP contribution in [0.15, 0.2) is 6.07 Å². The van der Waals surface area contributed by atoms with Gasteiger partial charge in [-0.3, -0.25) is 0 Å². The molecule has 0 unspecified atom stereocenters. The van der Waals surface area contributed by atoms with Crippen molar-refractivity contribution in [1.82, 2.24) is 0 Å². The number of aryl methyl sites for hydroxylation is 2. The van der Waals surface area contributed by atoms with Crippen molar-refractivity contribution in [3.63, 3.8) is 0 Å². The molecule has 0 aliphatic carbocycles. The number of hydrogen-bond acceptors (Lipinski definition) is 0. The third kappa shape index (κ3) is 1.28. The molecule has 1 heteroatoms. The van der Waals surface area contributed by atoms with Crippen LogP contribution in [0.3, 0.4) is 0 Å². The molecule has 0 aliphatic heterocycles. The normalized spacial score (nSPS) is 9.67. The Morgan fingerprint density at radius 2 is 2.11 bits per heavy atom. The molecule has 0 amide bonds. The quantitative estimate of drug-likeness (QED) is 0.494. The minimum absolute atomic E-state index is 0.305. The third-order valence-electron chi connectivity index (χ3n) is 1.13. The second-order valence-corrected chi connectivity index (χ2v) is 2.04. The number of hydrogen-bond donors (Lipinski definition) is 0. The zero-order valence-electron chi connectivity index (χ0n) is 5.46. The fourth-order valence-electron chi connectivity index (χ4n) is 0.667. The molecule has 2 radical (unpaired) electrons. The maximum absolute atomic E-state index is 12.4. The second-order valence-electron chi connectivity index (χ2n) is 2.04. The van der Waals surface area contributed by atoms with Crippen LogP contribution in [0.25, 0.3) is 0 Å². The first kappa shape index (κ1) is 6.27. The van der Waals surface area contributed by atoms with Crippen molar-refractivity contribution < 1.29 is 4.39 Å². The Labute approximate surface area is 54.3 Å². The summed E-state index contributed by atoms with van der Waals surface area (Å²) in [5, 5.41) is 0. The van der Waals surface area contributed by atoms with E-state index in [9.17, 15) is 4.39 Å². The van der Waals surface area contributed by atoms with Crippen LogP contribution in [0.5, 0.6) is 0 Å². The van der Waals surface area contributed by atoms with Gasteiger partial charge in [0, 0.05) is 6.07 Å². The zero-order valence-corrected chi connectivity index (χ0v) is 5.46. The van der Waals surface area contributed by atoms with Gasteiger partial charge in [0.05, 0.1) is 0 Å². The lowest BCUT2D eigenvalue weighted by atomic mass is 10.1. The lowest BCUT2D eigenvalue weighted by Crippen LogP contribution is -1.82. The highest BCUT2D eigenvalue weighted by atomic mass is 19.1. The SMILES string of the molecule is Cc1[c]c(C)c(F)[c]c1. The molecule has 0 atom stereocenters. The summed E-state index contributed by atoms with van der Waals surface area (Å²) in [6, 6.07) is 6.89. The van der Waals surface area contributed by atoms with E-state index in [4.69, 9.17) is 0 Å². The minimum atomic E-state index is -0.305. The Morgan fingerprint density at radius 3 is 2.56 bits per heavy atom. The number of benzene rings is 1. The van der Waals surface area contributed by atoms with Gasteiger partial charge in [0.1, 0.15) is 5.82 Å². The van der Waals surface area contributed by atoms with E-state index in [-0.39, 0.29) is 5.82 Å². The highest BCUT2D eigenvalue weighted by molar-refractivity contribution is 5.19. The maximum atomic E-state index is 12.4. The Kier molecular flexibility index (Phi) is 1.52. The van der Waals surface area contributed by atoms with Gasteiger partial charge < -0.3 is 0 Å². The van der Waals surface area contributed by atoms with Gasteiger partial charge in [-0.05, 0) is 37.1 Å². The first-order chi connectivity index (χ1) is 4.20. The van der Waals surface area contributed by atoms with Crippen molar-refractivity contribution in [2.24, 2.45) is 0 Å². The van der Waals surface area contributed by atoms with E-state index < -0.39 is 0 Å². The molecule has 0 aromatic heterocycles. The molecule has 1 aromatic rings. The minimum Gasteiger partial charge on any atom is -0.206 e.